The third-order valence-electron chi connectivity index (χ3n) is 2.61. The van der Waals surface area contributed by atoms with Crippen LogP contribution in [-0.2, 0) is 11.2 Å². The van der Waals surface area contributed by atoms with Crippen molar-refractivity contribution in [2.75, 3.05) is 33.4 Å². The predicted molar refractivity (Wildman–Crippen MR) is 96.4 cm³/mol. The van der Waals surface area contributed by atoms with Gasteiger partial charge in [0.1, 0.15) is 0 Å². The number of benzene rings is 1. The Morgan fingerprint density at radius 1 is 1.25 bits per heavy atom. The molecule has 0 saturated carbocycles. The average molecular weight is 412 g/mol. The van der Waals surface area contributed by atoms with Crippen molar-refractivity contribution in [3.8, 4) is 0 Å². The van der Waals surface area contributed by atoms with E-state index in [0.29, 0.717) is 6.61 Å². The van der Waals surface area contributed by atoms with Crippen molar-refractivity contribution in [2.24, 2.45) is 4.99 Å². The van der Waals surface area contributed by atoms with E-state index in [9.17, 15) is 0 Å². The fourth-order valence-electron chi connectivity index (χ4n) is 1.62. The van der Waals surface area contributed by atoms with Gasteiger partial charge in [0.2, 0.25) is 0 Å². The molecular formula is C14H23ClIN3O. The third kappa shape index (κ3) is 7.91. The van der Waals surface area contributed by atoms with Gasteiger partial charge < -0.3 is 15.4 Å². The first-order valence-corrected chi connectivity index (χ1v) is 6.91. The molecule has 1 aromatic rings. The zero-order valence-corrected chi connectivity index (χ0v) is 15.1. The van der Waals surface area contributed by atoms with Crippen LogP contribution in [-0.4, -0.2) is 39.3 Å². The summed E-state index contributed by atoms with van der Waals surface area (Å²) in [7, 11) is 1.76. The zero-order valence-electron chi connectivity index (χ0n) is 12.0. The molecule has 0 heterocycles. The van der Waals surface area contributed by atoms with Crippen molar-refractivity contribution < 1.29 is 4.74 Å². The van der Waals surface area contributed by atoms with Crippen LogP contribution in [0.1, 0.15) is 12.5 Å². The van der Waals surface area contributed by atoms with Crippen LogP contribution in [0.25, 0.3) is 0 Å². The van der Waals surface area contributed by atoms with Crippen LogP contribution in [0.5, 0.6) is 0 Å². The number of nitrogens with zero attached hydrogens (tertiary/aromatic N) is 1. The Morgan fingerprint density at radius 3 is 2.60 bits per heavy atom. The summed E-state index contributed by atoms with van der Waals surface area (Å²) < 4.78 is 5.26. The first kappa shape index (κ1) is 19.5. The van der Waals surface area contributed by atoms with Gasteiger partial charge in [0, 0.05) is 31.8 Å². The molecule has 0 saturated heterocycles. The van der Waals surface area contributed by atoms with Gasteiger partial charge in [-0.15, -0.1) is 24.0 Å². The van der Waals surface area contributed by atoms with E-state index in [1.807, 2.05) is 31.2 Å². The van der Waals surface area contributed by atoms with Crippen molar-refractivity contribution in [3.05, 3.63) is 34.9 Å². The minimum atomic E-state index is 0. The van der Waals surface area contributed by atoms with Gasteiger partial charge in [-0.3, -0.25) is 4.99 Å². The topological polar surface area (TPSA) is 45.6 Å². The fourth-order valence-corrected chi connectivity index (χ4v) is 1.85. The van der Waals surface area contributed by atoms with Crippen LogP contribution >= 0.6 is 35.6 Å². The van der Waals surface area contributed by atoms with Crippen molar-refractivity contribution in [3.63, 3.8) is 0 Å². The quantitative estimate of drug-likeness (QED) is 0.314. The minimum Gasteiger partial charge on any atom is -0.380 e. The zero-order chi connectivity index (χ0) is 13.9. The second kappa shape index (κ2) is 12.2. The van der Waals surface area contributed by atoms with Crippen molar-refractivity contribution >= 4 is 41.5 Å². The lowest BCUT2D eigenvalue weighted by Gasteiger charge is -2.12. The number of nitrogens with one attached hydrogen (secondary N) is 2. The molecule has 0 unspecified atom stereocenters. The Balaban J connectivity index is 0.00000361. The average Bonchev–Trinajstić information content (AvgIpc) is 2.43. The van der Waals surface area contributed by atoms with E-state index in [1.54, 1.807) is 7.05 Å². The van der Waals surface area contributed by atoms with Gasteiger partial charge in [-0.1, -0.05) is 29.8 Å². The number of hydrogen-bond acceptors (Lipinski definition) is 2. The molecule has 20 heavy (non-hydrogen) atoms. The molecule has 0 aromatic heterocycles. The molecule has 2 N–H and O–H groups in total. The first-order chi connectivity index (χ1) is 9.27. The predicted octanol–water partition coefficient (Wildman–Crippen LogP) is 2.70. The van der Waals surface area contributed by atoms with E-state index >= 15 is 0 Å². The Hall–Kier alpha value is -0.530. The highest BCUT2D eigenvalue weighted by Gasteiger charge is 2.00. The second-order valence-corrected chi connectivity index (χ2v) is 4.37. The van der Waals surface area contributed by atoms with E-state index < -0.39 is 0 Å². The molecule has 0 amide bonds. The number of hydrogen-bond donors (Lipinski definition) is 2. The van der Waals surface area contributed by atoms with Crippen LogP contribution in [0.15, 0.2) is 29.3 Å². The summed E-state index contributed by atoms with van der Waals surface area (Å²) in [6, 6.07) is 7.88. The van der Waals surface area contributed by atoms with E-state index in [0.717, 1.165) is 42.7 Å². The van der Waals surface area contributed by atoms with Crippen molar-refractivity contribution in [1.29, 1.82) is 0 Å². The van der Waals surface area contributed by atoms with Crippen LogP contribution in [0.3, 0.4) is 0 Å². The first-order valence-electron chi connectivity index (χ1n) is 6.53. The molecule has 1 rings (SSSR count). The van der Waals surface area contributed by atoms with Crippen LogP contribution in [0.2, 0.25) is 5.02 Å². The van der Waals surface area contributed by atoms with Crippen LogP contribution < -0.4 is 10.6 Å². The largest absolute Gasteiger partial charge is 0.380 e. The monoisotopic (exact) mass is 411 g/mol. The minimum absolute atomic E-state index is 0. The summed E-state index contributed by atoms with van der Waals surface area (Å²) in [6.07, 6.45) is 0.867. The molecule has 0 aliphatic carbocycles. The lowest BCUT2D eigenvalue weighted by atomic mass is 10.1. The maximum Gasteiger partial charge on any atom is 0.191 e. The fraction of sp³-hybridized carbons (Fsp3) is 0.500. The summed E-state index contributed by atoms with van der Waals surface area (Å²) in [5.41, 5.74) is 1.14. The number of ether oxygens (including phenoxy) is 1. The SMILES string of the molecule is CCOCCNC(=NC)NCCc1ccccc1Cl.I. The molecule has 114 valence electrons. The van der Waals surface area contributed by atoms with Gasteiger partial charge in [0.15, 0.2) is 5.96 Å². The summed E-state index contributed by atoms with van der Waals surface area (Å²) in [6.45, 7) is 4.94. The van der Waals surface area contributed by atoms with Crippen LogP contribution in [0.4, 0.5) is 0 Å². The van der Waals surface area contributed by atoms with E-state index in [4.69, 9.17) is 16.3 Å². The molecule has 0 spiro atoms. The number of halogens is 2. The van der Waals surface area contributed by atoms with E-state index in [2.05, 4.69) is 15.6 Å². The third-order valence-corrected chi connectivity index (χ3v) is 2.98. The summed E-state index contributed by atoms with van der Waals surface area (Å²) in [5.74, 6) is 0.784. The van der Waals surface area contributed by atoms with Gasteiger partial charge in [-0.05, 0) is 25.0 Å². The molecule has 4 nitrogen and oxygen atoms in total. The highest BCUT2D eigenvalue weighted by atomic mass is 127. The Morgan fingerprint density at radius 2 is 1.95 bits per heavy atom. The van der Waals surface area contributed by atoms with E-state index in [1.165, 1.54) is 0 Å². The lowest BCUT2D eigenvalue weighted by molar-refractivity contribution is 0.152. The Kier molecular flexibility index (Phi) is 11.9. The van der Waals surface area contributed by atoms with Gasteiger partial charge in [0.05, 0.1) is 6.61 Å². The maximum absolute atomic E-state index is 6.10. The molecule has 6 heteroatoms. The van der Waals surface area contributed by atoms with Gasteiger partial charge in [-0.25, -0.2) is 0 Å². The Labute approximate surface area is 143 Å². The summed E-state index contributed by atoms with van der Waals surface area (Å²) >= 11 is 6.10. The molecular weight excluding hydrogens is 389 g/mol. The lowest BCUT2D eigenvalue weighted by Crippen LogP contribution is -2.39. The number of guanidine groups is 1. The highest BCUT2D eigenvalue weighted by Crippen LogP contribution is 2.14. The smallest absolute Gasteiger partial charge is 0.191 e. The Bertz CT molecular complexity index is 402. The molecule has 0 fully saturated rings. The molecule has 0 atom stereocenters. The summed E-state index contributed by atoms with van der Waals surface area (Å²) in [4.78, 5) is 4.15. The highest BCUT2D eigenvalue weighted by molar-refractivity contribution is 14.0. The summed E-state index contributed by atoms with van der Waals surface area (Å²) in [5, 5.41) is 7.24. The van der Waals surface area contributed by atoms with Gasteiger partial charge in [0.25, 0.3) is 0 Å². The second-order valence-electron chi connectivity index (χ2n) is 3.96. The van der Waals surface area contributed by atoms with Gasteiger partial charge in [-0.2, -0.15) is 0 Å². The molecule has 1 aromatic carbocycles. The van der Waals surface area contributed by atoms with Crippen molar-refractivity contribution in [2.45, 2.75) is 13.3 Å². The standard InChI is InChI=1S/C14H22ClN3O.HI/c1-3-19-11-10-18-14(16-2)17-9-8-12-6-4-5-7-13(12)15;/h4-7H,3,8-11H2,1-2H3,(H2,16,17,18);1H. The molecule has 0 aliphatic rings. The van der Waals surface area contributed by atoms with Crippen molar-refractivity contribution in [1.82, 2.24) is 10.6 Å². The number of rotatable bonds is 7. The number of aliphatic imine (C=N–C) groups is 1. The molecule has 0 radical (unpaired) electrons. The maximum atomic E-state index is 6.10. The van der Waals surface area contributed by atoms with Crippen LogP contribution in [0, 0.1) is 0 Å². The van der Waals surface area contributed by atoms with E-state index in [-0.39, 0.29) is 24.0 Å². The molecule has 0 aliphatic heterocycles. The normalized spacial score (nSPS) is 10.8. The molecule has 0 bridgehead atoms. The van der Waals surface area contributed by atoms with Gasteiger partial charge >= 0.3 is 0 Å².